The van der Waals surface area contributed by atoms with Gasteiger partial charge in [0.1, 0.15) is 0 Å². The summed E-state index contributed by atoms with van der Waals surface area (Å²) in [6.07, 6.45) is 2.58. The molecule has 5 nitrogen and oxygen atoms in total. The molecule has 1 aliphatic heterocycles. The lowest BCUT2D eigenvalue weighted by Gasteiger charge is -2.29. The van der Waals surface area contributed by atoms with E-state index in [0.29, 0.717) is 12.3 Å². The minimum Gasteiger partial charge on any atom is -0.344 e. The van der Waals surface area contributed by atoms with E-state index in [4.69, 9.17) is 21.2 Å². The summed E-state index contributed by atoms with van der Waals surface area (Å²) >= 11 is 0. The Morgan fingerprint density at radius 2 is 1.77 bits per heavy atom. The molecular weight excluding hydrogens is 172 g/mol. The molecular formula is C8H18N2O3. The van der Waals surface area contributed by atoms with Crippen LogP contribution in [0.1, 0.15) is 25.7 Å². The molecule has 0 aromatic rings. The Balaban J connectivity index is 2.16. The second kappa shape index (κ2) is 4.34. The van der Waals surface area contributed by atoms with E-state index in [0.717, 1.165) is 25.9 Å². The summed E-state index contributed by atoms with van der Waals surface area (Å²) in [6, 6.07) is 0. The molecule has 1 rings (SSSR count). The molecule has 1 aliphatic rings. The van der Waals surface area contributed by atoms with Gasteiger partial charge in [-0.05, 0) is 25.2 Å². The number of hydrogen-bond acceptors (Lipinski definition) is 5. The molecule has 0 unspecified atom stereocenters. The Morgan fingerprint density at radius 3 is 2.23 bits per heavy atom. The fraction of sp³-hybridized carbons (Fsp3) is 1.00. The number of piperidine rings is 1. The van der Waals surface area contributed by atoms with Crippen molar-refractivity contribution in [2.75, 3.05) is 13.1 Å². The van der Waals surface area contributed by atoms with Gasteiger partial charge in [-0.15, -0.1) is 0 Å². The molecule has 5 heteroatoms. The van der Waals surface area contributed by atoms with Gasteiger partial charge in [0.25, 0.3) is 5.97 Å². The predicted octanol–water partition coefficient (Wildman–Crippen LogP) is -1.02. The summed E-state index contributed by atoms with van der Waals surface area (Å²) in [6.45, 7) is 1.69. The van der Waals surface area contributed by atoms with Gasteiger partial charge in [0.2, 0.25) is 0 Å². The maximum Gasteiger partial charge on any atom is 0.275 e. The van der Waals surface area contributed by atoms with Crippen molar-refractivity contribution in [1.29, 1.82) is 0 Å². The van der Waals surface area contributed by atoms with Gasteiger partial charge in [0.15, 0.2) is 0 Å². The topological polar surface area (TPSA) is 90.0 Å². The summed E-state index contributed by atoms with van der Waals surface area (Å²) in [5, 5.41) is 27.8. The van der Waals surface area contributed by atoms with Crippen LogP contribution in [0.25, 0.3) is 0 Å². The lowest BCUT2D eigenvalue weighted by Crippen LogP contribution is -2.39. The quantitative estimate of drug-likeness (QED) is 0.338. The van der Waals surface area contributed by atoms with Crippen LogP contribution < -0.4 is 5.84 Å². The second-order valence-electron chi connectivity index (χ2n) is 3.79. The van der Waals surface area contributed by atoms with Crippen LogP contribution >= 0.6 is 0 Å². The van der Waals surface area contributed by atoms with Crippen molar-refractivity contribution >= 4 is 0 Å². The molecule has 13 heavy (non-hydrogen) atoms. The van der Waals surface area contributed by atoms with E-state index in [1.165, 1.54) is 0 Å². The van der Waals surface area contributed by atoms with E-state index in [2.05, 4.69) is 0 Å². The Kier molecular flexibility index (Phi) is 3.63. The molecule has 1 heterocycles. The molecule has 0 saturated carbocycles. The third-order valence-corrected chi connectivity index (χ3v) is 2.54. The fourth-order valence-electron chi connectivity index (χ4n) is 1.64. The van der Waals surface area contributed by atoms with E-state index >= 15 is 0 Å². The maximum atomic E-state index is 8.68. The summed E-state index contributed by atoms with van der Waals surface area (Å²) in [5.41, 5.74) is 0. The van der Waals surface area contributed by atoms with Crippen LogP contribution in [0.4, 0.5) is 0 Å². The van der Waals surface area contributed by atoms with Crippen LogP contribution in [0.15, 0.2) is 0 Å². The van der Waals surface area contributed by atoms with Gasteiger partial charge in [0, 0.05) is 19.5 Å². The lowest BCUT2D eigenvalue weighted by atomic mass is 9.92. The Bertz CT molecular complexity index is 150. The first-order chi connectivity index (χ1) is 5.97. The van der Waals surface area contributed by atoms with Gasteiger partial charge >= 0.3 is 0 Å². The van der Waals surface area contributed by atoms with Gasteiger partial charge in [0.05, 0.1) is 0 Å². The number of hydrogen-bond donors (Lipinski definition) is 4. The Hall–Kier alpha value is -0.200. The maximum absolute atomic E-state index is 8.68. The number of rotatable bonds is 3. The highest BCUT2D eigenvalue weighted by Crippen LogP contribution is 2.22. The highest BCUT2D eigenvalue weighted by Gasteiger charge is 2.23. The highest BCUT2D eigenvalue weighted by molar-refractivity contribution is 4.69. The van der Waals surface area contributed by atoms with Crippen molar-refractivity contribution in [3.63, 3.8) is 0 Å². The Labute approximate surface area is 77.7 Å². The van der Waals surface area contributed by atoms with Gasteiger partial charge in [-0.1, -0.05) is 0 Å². The lowest BCUT2D eigenvalue weighted by molar-refractivity contribution is -0.316. The fourth-order valence-corrected chi connectivity index (χ4v) is 1.64. The first-order valence-electron chi connectivity index (χ1n) is 4.64. The van der Waals surface area contributed by atoms with Gasteiger partial charge in [-0.25, -0.2) is 5.01 Å². The van der Waals surface area contributed by atoms with Crippen LogP contribution in [0, 0.1) is 5.92 Å². The zero-order chi connectivity index (χ0) is 9.90. The molecule has 0 aliphatic carbocycles. The minimum atomic E-state index is -2.50. The number of aliphatic hydroxyl groups is 3. The summed E-state index contributed by atoms with van der Waals surface area (Å²) in [4.78, 5) is 0. The molecule has 0 aromatic heterocycles. The minimum absolute atomic E-state index is 0.0161. The monoisotopic (exact) mass is 190 g/mol. The molecule has 0 amide bonds. The number of hydrazine groups is 1. The van der Waals surface area contributed by atoms with Crippen LogP contribution in [0.2, 0.25) is 0 Å². The second-order valence-corrected chi connectivity index (χ2v) is 3.79. The molecule has 78 valence electrons. The first-order valence-corrected chi connectivity index (χ1v) is 4.64. The standard InChI is InChI=1S/C8H18N2O3/c9-10-5-2-7(3-6-10)1-4-8(11,12)13/h7,11-13H,1-6,9H2. The van der Waals surface area contributed by atoms with E-state index in [1.807, 2.05) is 0 Å². The number of nitrogens with two attached hydrogens (primary N) is 1. The normalized spacial score (nSPS) is 22.2. The Morgan fingerprint density at radius 1 is 1.23 bits per heavy atom. The molecule has 1 saturated heterocycles. The molecule has 0 spiro atoms. The third-order valence-electron chi connectivity index (χ3n) is 2.54. The van der Waals surface area contributed by atoms with Crippen molar-refractivity contribution in [2.45, 2.75) is 31.7 Å². The molecule has 0 radical (unpaired) electrons. The predicted molar refractivity (Wildman–Crippen MR) is 47.1 cm³/mol. The first kappa shape index (κ1) is 10.9. The van der Waals surface area contributed by atoms with Crippen LogP contribution in [0.5, 0.6) is 0 Å². The van der Waals surface area contributed by atoms with Crippen LogP contribution in [-0.2, 0) is 0 Å². The van der Waals surface area contributed by atoms with E-state index in [1.54, 1.807) is 5.01 Å². The van der Waals surface area contributed by atoms with E-state index in [-0.39, 0.29) is 6.42 Å². The van der Waals surface area contributed by atoms with Crippen LogP contribution in [-0.4, -0.2) is 39.4 Å². The third kappa shape index (κ3) is 4.54. The largest absolute Gasteiger partial charge is 0.344 e. The average Bonchev–Trinajstić information content (AvgIpc) is 2.02. The van der Waals surface area contributed by atoms with Gasteiger partial charge in [-0.2, -0.15) is 0 Å². The molecule has 0 bridgehead atoms. The zero-order valence-corrected chi connectivity index (χ0v) is 7.69. The molecule has 1 fully saturated rings. The molecule has 5 N–H and O–H groups in total. The van der Waals surface area contributed by atoms with Crippen LogP contribution in [0.3, 0.4) is 0 Å². The highest BCUT2D eigenvalue weighted by atomic mass is 16.7. The van der Waals surface area contributed by atoms with E-state index in [9.17, 15) is 0 Å². The summed E-state index contributed by atoms with van der Waals surface area (Å²) < 4.78 is 0. The zero-order valence-electron chi connectivity index (χ0n) is 7.69. The van der Waals surface area contributed by atoms with Gasteiger partial charge < -0.3 is 15.3 Å². The number of nitrogens with zero attached hydrogens (tertiary/aromatic N) is 1. The average molecular weight is 190 g/mol. The van der Waals surface area contributed by atoms with Crippen molar-refractivity contribution in [3.8, 4) is 0 Å². The van der Waals surface area contributed by atoms with Crippen molar-refractivity contribution in [2.24, 2.45) is 11.8 Å². The van der Waals surface area contributed by atoms with Crippen molar-refractivity contribution in [1.82, 2.24) is 5.01 Å². The van der Waals surface area contributed by atoms with Crippen molar-refractivity contribution < 1.29 is 15.3 Å². The smallest absolute Gasteiger partial charge is 0.275 e. The summed E-state index contributed by atoms with van der Waals surface area (Å²) in [7, 11) is 0. The SMILES string of the molecule is NN1CCC(CCC(O)(O)O)CC1. The molecule has 0 atom stereocenters. The van der Waals surface area contributed by atoms with Gasteiger partial charge in [-0.3, -0.25) is 5.84 Å². The van der Waals surface area contributed by atoms with E-state index < -0.39 is 5.97 Å². The summed E-state index contributed by atoms with van der Waals surface area (Å²) in [5.74, 6) is 3.51. The molecule has 0 aromatic carbocycles. The van der Waals surface area contributed by atoms with Crippen molar-refractivity contribution in [3.05, 3.63) is 0 Å².